The first kappa shape index (κ1) is 9.60. The van der Waals surface area contributed by atoms with E-state index < -0.39 is 16.2 Å². The zero-order valence-electron chi connectivity index (χ0n) is 7.15. The van der Waals surface area contributed by atoms with Crippen molar-refractivity contribution in [2.24, 2.45) is 0 Å². The number of hydrogen-bond acceptors (Lipinski definition) is 1. The first-order valence-electron chi connectivity index (χ1n) is 3.93. The van der Waals surface area contributed by atoms with Crippen molar-refractivity contribution < 1.29 is 0 Å². The van der Waals surface area contributed by atoms with Gasteiger partial charge in [0.15, 0.2) is 0 Å². The molecule has 0 amide bonds. The van der Waals surface area contributed by atoms with Crippen molar-refractivity contribution >= 4 is 16.2 Å². The van der Waals surface area contributed by atoms with E-state index in [1.807, 2.05) is 0 Å². The van der Waals surface area contributed by atoms with Crippen molar-refractivity contribution in [2.45, 2.75) is 24.8 Å². The van der Waals surface area contributed by atoms with Crippen LogP contribution in [0.25, 0.3) is 0 Å². The zero-order valence-corrected chi connectivity index (χ0v) is 9.57. The summed E-state index contributed by atoms with van der Waals surface area (Å²) in [7, 11) is 0. The predicted octanol–water partition coefficient (Wildman–Crippen LogP) is 1.62. The van der Waals surface area contributed by atoms with Gasteiger partial charge in [-0.25, -0.2) is 0 Å². The molecule has 0 N–H and O–H groups in total. The number of rotatable bonds is 4. The van der Waals surface area contributed by atoms with Crippen LogP contribution in [-0.4, -0.2) is 39.3 Å². The Labute approximate surface area is 64.5 Å². The number of hydrogen-bond donors (Lipinski definition) is 0. The fraction of sp³-hybridized carbons (Fsp3) is 1.00. The van der Waals surface area contributed by atoms with Crippen LogP contribution in [0.15, 0.2) is 0 Å². The summed E-state index contributed by atoms with van der Waals surface area (Å²) >= 11 is -0.739. The van der Waals surface area contributed by atoms with Gasteiger partial charge in [-0.1, -0.05) is 0 Å². The molecule has 0 aromatic carbocycles. The zero-order chi connectivity index (χ0) is 7.28. The average molecular weight is 186 g/mol. The van der Waals surface area contributed by atoms with E-state index in [2.05, 4.69) is 29.7 Å². The Bertz CT molecular complexity index is 59.9. The Morgan fingerprint density at radius 2 is 1.56 bits per heavy atom. The van der Waals surface area contributed by atoms with Gasteiger partial charge in [0.25, 0.3) is 0 Å². The molecular formula is C7H18GaN. The summed E-state index contributed by atoms with van der Waals surface area (Å²) in [6, 6.07) is 0. The van der Waals surface area contributed by atoms with Crippen LogP contribution in [0.4, 0.5) is 0 Å². The molecule has 54 valence electrons. The molecule has 0 radical (unpaired) electrons. The average Bonchev–Trinajstić information content (AvgIpc) is 1.82. The molecule has 0 aliphatic rings. The van der Waals surface area contributed by atoms with Gasteiger partial charge in [-0.15, -0.1) is 0 Å². The topological polar surface area (TPSA) is 3.24 Å². The van der Waals surface area contributed by atoms with Crippen molar-refractivity contribution in [3.8, 4) is 0 Å². The quantitative estimate of drug-likeness (QED) is 0.603. The molecule has 0 unspecified atom stereocenters. The van der Waals surface area contributed by atoms with E-state index in [-0.39, 0.29) is 0 Å². The van der Waals surface area contributed by atoms with E-state index in [1.54, 1.807) is 0 Å². The Hall–Kier alpha value is 0.596. The summed E-state index contributed by atoms with van der Waals surface area (Å²) in [4.78, 5) is 2.53. The fourth-order valence-corrected chi connectivity index (χ4v) is 4.25. The van der Waals surface area contributed by atoms with Crippen LogP contribution < -0.4 is 0 Å². The van der Waals surface area contributed by atoms with E-state index >= 15 is 0 Å². The molecule has 0 rings (SSSR count). The normalized spacial score (nSPS) is 10.3. The second-order valence-corrected chi connectivity index (χ2v) is 9.49. The Morgan fingerprint density at radius 1 is 1.11 bits per heavy atom. The van der Waals surface area contributed by atoms with E-state index in [4.69, 9.17) is 0 Å². The monoisotopic (exact) mass is 185 g/mol. The third kappa shape index (κ3) is 5.06. The van der Waals surface area contributed by atoms with Gasteiger partial charge in [-0.05, 0) is 0 Å². The SMILES string of the molecule is CCN(CC)[CH2][Ga]([CH3])[CH3]. The summed E-state index contributed by atoms with van der Waals surface area (Å²) in [5, 5.41) is 1.43. The van der Waals surface area contributed by atoms with E-state index in [9.17, 15) is 0 Å². The summed E-state index contributed by atoms with van der Waals surface area (Å²) < 4.78 is 0. The summed E-state index contributed by atoms with van der Waals surface area (Å²) in [6.07, 6.45) is 0. The van der Waals surface area contributed by atoms with Crippen LogP contribution in [-0.2, 0) is 0 Å². The molecule has 0 spiro atoms. The molecule has 0 heterocycles. The molecule has 2 heteroatoms. The predicted molar refractivity (Wildman–Crippen MR) is 45.3 cm³/mol. The van der Waals surface area contributed by atoms with Crippen molar-refractivity contribution in [3.63, 3.8) is 0 Å². The van der Waals surface area contributed by atoms with E-state index in [0.717, 1.165) is 0 Å². The first-order valence-corrected chi connectivity index (χ1v) is 10.5. The standard InChI is InChI=1S/C5H12N.2CH3.Ga/c1-4-6(3)5-2;;;/h3-5H2,1-2H3;2*1H3;. The molecule has 0 aliphatic carbocycles. The van der Waals surface area contributed by atoms with Crippen molar-refractivity contribution in [2.75, 3.05) is 18.2 Å². The molecule has 0 aromatic rings. The second kappa shape index (κ2) is 5.39. The molecule has 0 atom stereocenters. The Balaban J connectivity index is 3.31. The summed E-state index contributed by atoms with van der Waals surface area (Å²) in [5.41, 5.74) is 4.90. The molecule has 9 heavy (non-hydrogen) atoms. The van der Waals surface area contributed by atoms with Crippen LogP contribution in [0.3, 0.4) is 0 Å². The maximum absolute atomic E-state index is 2.53. The van der Waals surface area contributed by atoms with Gasteiger partial charge in [0, 0.05) is 0 Å². The minimum absolute atomic E-state index is 0.739. The van der Waals surface area contributed by atoms with Crippen LogP contribution in [0, 0.1) is 0 Å². The van der Waals surface area contributed by atoms with Gasteiger partial charge in [0.1, 0.15) is 0 Å². The third-order valence-electron chi connectivity index (χ3n) is 1.52. The van der Waals surface area contributed by atoms with Gasteiger partial charge in [-0.2, -0.15) is 0 Å². The minimum atomic E-state index is -0.739. The molecule has 0 saturated heterocycles. The van der Waals surface area contributed by atoms with Crippen molar-refractivity contribution in [1.82, 2.24) is 4.90 Å². The summed E-state index contributed by atoms with van der Waals surface area (Å²) in [6.45, 7) is 6.96. The van der Waals surface area contributed by atoms with Gasteiger partial charge in [-0.3, -0.25) is 0 Å². The molecule has 0 aromatic heterocycles. The Kier molecular flexibility index (Phi) is 5.74. The number of nitrogens with zero attached hydrogens (tertiary/aromatic N) is 1. The van der Waals surface area contributed by atoms with Crippen LogP contribution >= 0.6 is 0 Å². The maximum atomic E-state index is 2.53. The van der Waals surface area contributed by atoms with Gasteiger partial charge in [0.05, 0.1) is 0 Å². The molecule has 1 nitrogen and oxygen atoms in total. The summed E-state index contributed by atoms with van der Waals surface area (Å²) in [5.74, 6) is 0. The molecular weight excluding hydrogens is 168 g/mol. The van der Waals surface area contributed by atoms with Crippen LogP contribution in [0.2, 0.25) is 11.0 Å². The Morgan fingerprint density at radius 3 is 1.67 bits per heavy atom. The van der Waals surface area contributed by atoms with Crippen molar-refractivity contribution in [3.05, 3.63) is 0 Å². The van der Waals surface area contributed by atoms with Crippen LogP contribution in [0.5, 0.6) is 0 Å². The van der Waals surface area contributed by atoms with Crippen molar-refractivity contribution in [1.29, 1.82) is 0 Å². The van der Waals surface area contributed by atoms with E-state index in [1.165, 1.54) is 18.2 Å². The fourth-order valence-electron chi connectivity index (χ4n) is 0.998. The molecule has 0 bridgehead atoms. The van der Waals surface area contributed by atoms with Crippen LogP contribution in [0.1, 0.15) is 13.8 Å². The molecule has 0 aliphatic heterocycles. The van der Waals surface area contributed by atoms with Gasteiger partial charge < -0.3 is 0 Å². The van der Waals surface area contributed by atoms with Gasteiger partial charge >= 0.3 is 64.1 Å². The molecule has 0 saturated carbocycles. The second-order valence-electron chi connectivity index (χ2n) is 2.88. The van der Waals surface area contributed by atoms with Gasteiger partial charge in [0.2, 0.25) is 0 Å². The first-order chi connectivity index (χ1) is 4.20. The molecule has 0 fully saturated rings. The third-order valence-corrected chi connectivity index (χ3v) is 4.13. The van der Waals surface area contributed by atoms with E-state index in [0.29, 0.717) is 0 Å².